The number of hydrogen-bond acceptors (Lipinski definition) is 17. The second-order valence-corrected chi connectivity index (χ2v) is 9.46. The first-order valence-corrected chi connectivity index (χ1v) is 12.0. The molecular formula is C21H37NO16. The van der Waals surface area contributed by atoms with Crippen molar-refractivity contribution in [1.82, 2.24) is 0 Å². The summed E-state index contributed by atoms with van der Waals surface area (Å²) >= 11 is 0. The average Bonchev–Trinajstić information content (AvgIpc) is 2.90. The minimum absolute atomic E-state index is 0.484. The minimum Gasteiger partial charge on any atom is -0.394 e. The molecular weight excluding hydrogens is 522 g/mol. The lowest BCUT2D eigenvalue weighted by molar-refractivity contribution is -0.379. The van der Waals surface area contributed by atoms with Gasteiger partial charge in [-0.1, -0.05) is 5.16 Å². The molecule has 3 saturated heterocycles. The van der Waals surface area contributed by atoms with Gasteiger partial charge in [-0.05, 0) is 13.8 Å². The van der Waals surface area contributed by atoms with E-state index in [0.29, 0.717) is 5.71 Å². The van der Waals surface area contributed by atoms with Crippen molar-refractivity contribution in [2.45, 2.75) is 106 Å². The third-order valence-corrected chi connectivity index (χ3v) is 6.41. The van der Waals surface area contributed by atoms with E-state index in [1.165, 1.54) is 0 Å². The van der Waals surface area contributed by atoms with Crippen LogP contribution in [0.25, 0.3) is 0 Å². The Morgan fingerprint density at radius 2 is 0.947 bits per heavy atom. The number of nitrogens with zero attached hydrogens (tertiary/aromatic N) is 1. The van der Waals surface area contributed by atoms with Crippen LogP contribution in [0.4, 0.5) is 0 Å². The second-order valence-electron chi connectivity index (χ2n) is 9.46. The Bertz CT molecular complexity index is 766. The maximum absolute atomic E-state index is 10.7. The third kappa shape index (κ3) is 6.60. The molecule has 0 radical (unpaired) electrons. The van der Waals surface area contributed by atoms with Crippen LogP contribution >= 0.6 is 0 Å². The van der Waals surface area contributed by atoms with Gasteiger partial charge in [0.2, 0.25) is 0 Å². The highest BCUT2D eigenvalue weighted by atomic mass is 16.8. The second kappa shape index (κ2) is 13.5. The molecule has 0 saturated carbocycles. The summed E-state index contributed by atoms with van der Waals surface area (Å²) in [5.74, 6) is 0. The number of aliphatic hydroxyl groups is 10. The fraction of sp³-hybridized carbons (Fsp3) is 0.952. The van der Waals surface area contributed by atoms with Gasteiger partial charge in [0, 0.05) is 0 Å². The summed E-state index contributed by atoms with van der Waals surface area (Å²) < 4.78 is 27.2. The van der Waals surface area contributed by atoms with Crippen LogP contribution in [0.15, 0.2) is 5.16 Å². The number of hydrogen-bond donors (Lipinski definition) is 10. The van der Waals surface area contributed by atoms with Crippen molar-refractivity contribution in [2.24, 2.45) is 5.16 Å². The standard InChI is InChI=1S/C21H37NO16/c1-6(2)22-38-21-16(32)13(29)18(9(5-25)35-21)37-20-15(31)12(28)17(8(4-24)34-20)36-19-14(30)11(27)10(26)7(3-23)33-19/h7-21,23-32H,3-5H2,1-2H3/t7-,8-,9-,10+,11+,12-,13-,14-,15-,16-,17+,18-,19-,20+,21-/m1/s1. The van der Waals surface area contributed by atoms with Gasteiger partial charge in [-0.15, -0.1) is 0 Å². The first-order valence-electron chi connectivity index (χ1n) is 12.0. The van der Waals surface area contributed by atoms with Gasteiger partial charge in [0.15, 0.2) is 12.6 Å². The zero-order valence-electron chi connectivity index (χ0n) is 20.7. The molecule has 10 N–H and O–H groups in total. The Labute approximate surface area is 216 Å². The van der Waals surface area contributed by atoms with Crippen LogP contribution in [0.1, 0.15) is 13.8 Å². The van der Waals surface area contributed by atoms with Gasteiger partial charge in [-0.3, -0.25) is 0 Å². The first-order chi connectivity index (χ1) is 17.9. The van der Waals surface area contributed by atoms with E-state index >= 15 is 0 Å². The molecule has 0 aliphatic carbocycles. The molecule has 3 aliphatic rings. The van der Waals surface area contributed by atoms with Gasteiger partial charge in [-0.2, -0.15) is 0 Å². The molecule has 15 atom stereocenters. The minimum atomic E-state index is -1.90. The van der Waals surface area contributed by atoms with Crippen molar-refractivity contribution in [1.29, 1.82) is 0 Å². The molecule has 0 aromatic rings. The fourth-order valence-electron chi connectivity index (χ4n) is 4.29. The van der Waals surface area contributed by atoms with Gasteiger partial charge >= 0.3 is 0 Å². The van der Waals surface area contributed by atoms with Crippen LogP contribution in [-0.4, -0.2) is 169 Å². The molecule has 0 unspecified atom stereocenters. The summed E-state index contributed by atoms with van der Waals surface area (Å²) in [6, 6.07) is 0. The van der Waals surface area contributed by atoms with Crippen LogP contribution in [-0.2, 0) is 28.5 Å². The van der Waals surface area contributed by atoms with Crippen LogP contribution in [0.5, 0.6) is 0 Å². The van der Waals surface area contributed by atoms with Gasteiger partial charge in [0.25, 0.3) is 6.29 Å². The number of ether oxygens (including phenoxy) is 5. The third-order valence-electron chi connectivity index (χ3n) is 6.41. The summed E-state index contributed by atoms with van der Waals surface area (Å²) in [4.78, 5) is 5.03. The average molecular weight is 560 g/mol. The van der Waals surface area contributed by atoms with Crippen molar-refractivity contribution in [3.8, 4) is 0 Å². The zero-order valence-corrected chi connectivity index (χ0v) is 20.7. The number of oxime groups is 1. The van der Waals surface area contributed by atoms with Crippen molar-refractivity contribution >= 4 is 5.71 Å². The Kier molecular flexibility index (Phi) is 11.1. The lowest BCUT2D eigenvalue weighted by Gasteiger charge is -2.47. The van der Waals surface area contributed by atoms with E-state index in [1.54, 1.807) is 13.8 Å². The molecule has 17 heteroatoms. The van der Waals surface area contributed by atoms with E-state index in [-0.39, 0.29) is 0 Å². The summed E-state index contributed by atoms with van der Waals surface area (Å²) in [6.07, 6.45) is -24.5. The summed E-state index contributed by atoms with van der Waals surface area (Å²) in [7, 11) is 0. The Balaban J connectivity index is 1.71. The molecule has 3 heterocycles. The van der Waals surface area contributed by atoms with Crippen molar-refractivity contribution in [3.63, 3.8) is 0 Å². The Morgan fingerprint density at radius 3 is 1.39 bits per heavy atom. The number of rotatable bonds is 9. The topological polar surface area (TPSA) is 270 Å². The highest BCUT2D eigenvalue weighted by Gasteiger charge is 2.53. The largest absolute Gasteiger partial charge is 0.394 e. The highest BCUT2D eigenvalue weighted by molar-refractivity contribution is 5.78. The summed E-state index contributed by atoms with van der Waals surface area (Å²) in [5.41, 5.74) is 0.484. The molecule has 3 aliphatic heterocycles. The van der Waals surface area contributed by atoms with Crippen LogP contribution in [0, 0.1) is 0 Å². The van der Waals surface area contributed by atoms with E-state index < -0.39 is 112 Å². The fourth-order valence-corrected chi connectivity index (χ4v) is 4.29. The van der Waals surface area contributed by atoms with E-state index in [1.807, 2.05) is 0 Å². The highest BCUT2D eigenvalue weighted by Crippen LogP contribution is 2.32. The van der Waals surface area contributed by atoms with Crippen molar-refractivity contribution in [3.05, 3.63) is 0 Å². The van der Waals surface area contributed by atoms with Gasteiger partial charge in [-0.25, -0.2) is 0 Å². The van der Waals surface area contributed by atoms with Gasteiger partial charge in [0.1, 0.15) is 73.2 Å². The Hall–Kier alpha value is -1.13. The molecule has 38 heavy (non-hydrogen) atoms. The first kappa shape index (κ1) is 31.4. The molecule has 0 bridgehead atoms. The maximum Gasteiger partial charge on any atom is 0.256 e. The molecule has 0 amide bonds. The van der Waals surface area contributed by atoms with E-state index in [9.17, 15) is 51.1 Å². The predicted molar refractivity (Wildman–Crippen MR) is 119 cm³/mol. The molecule has 0 aromatic carbocycles. The maximum atomic E-state index is 10.7. The lowest BCUT2D eigenvalue weighted by atomic mass is 9.96. The summed E-state index contributed by atoms with van der Waals surface area (Å²) in [5, 5.41) is 105. The normalized spacial score (nSPS) is 47.9. The lowest BCUT2D eigenvalue weighted by Crippen LogP contribution is -2.66. The quantitative estimate of drug-likeness (QED) is 0.0929. The van der Waals surface area contributed by atoms with Crippen LogP contribution < -0.4 is 0 Å². The predicted octanol–water partition coefficient (Wildman–Crippen LogP) is -6.15. The smallest absolute Gasteiger partial charge is 0.256 e. The molecule has 17 nitrogen and oxygen atoms in total. The van der Waals surface area contributed by atoms with Gasteiger partial charge < -0.3 is 79.6 Å². The zero-order chi connectivity index (χ0) is 28.3. The monoisotopic (exact) mass is 559 g/mol. The van der Waals surface area contributed by atoms with Crippen LogP contribution in [0.3, 0.4) is 0 Å². The molecule has 3 rings (SSSR count). The van der Waals surface area contributed by atoms with Crippen molar-refractivity contribution < 1.29 is 79.6 Å². The molecule has 3 fully saturated rings. The molecule has 222 valence electrons. The van der Waals surface area contributed by atoms with E-state index in [2.05, 4.69) is 5.16 Å². The SMILES string of the molecule is CC(C)=NO[C@H]1O[C@H](CO)[C@@H](O[C@@H]2O[C@H](CO)[C@H](O[C@H]3O[C@H](CO)[C@H](O)[C@H](O)[C@H]3O)[C@H](O)[C@H]2O)[C@H](O)[C@H]1O. The number of aliphatic hydroxyl groups excluding tert-OH is 10. The molecule has 0 aromatic heterocycles. The van der Waals surface area contributed by atoms with E-state index in [0.717, 1.165) is 0 Å². The summed E-state index contributed by atoms with van der Waals surface area (Å²) in [6.45, 7) is 0.948. The van der Waals surface area contributed by atoms with Gasteiger partial charge in [0.05, 0.1) is 25.5 Å². The molecule has 0 spiro atoms. The van der Waals surface area contributed by atoms with Crippen LogP contribution in [0.2, 0.25) is 0 Å². The van der Waals surface area contributed by atoms with E-state index in [4.69, 9.17) is 28.5 Å². The Morgan fingerprint density at radius 1 is 0.553 bits per heavy atom. The van der Waals surface area contributed by atoms with Crippen molar-refractivity contribution in [2.75, 3.05) is 19.8 Å².